The molecule has 94 valence electrons. The molecule has 0 saturated carbocycles. The summed E-state index contributed by atoms with van der Waals surface area (Å²) < 4.78 is 1.97. The molecule has 18 heavy (non-hydrogen) atoms. The zero-order chi connectivity index (χ0) is 12.4. The summed E-state index contributed by atoms with van der Waals surface area (Å²) in [6.07, 6.45) is 3.67. The average Bonchev–Trinajstić information content (AvgIpc) is 2.86. The minimum Gasteiger partial charge on any atom is -0.309 e. The number of aromatic nitrogens is 3. The maximum Gasteiger partial charge on any atom is 0.138 e. The Morgan fingerprint density at radius 1 is 1.39 bits per heavy atom. The summed E-state index contributed by atoms with van der Waals surface area (Å²) in [6.45, 7) is 4.02. The Bertz CT molecular complexity index is 532. The van der Waals surface area contributed by atoms with E-state index < -0.39 is 0 Å². The van der Waals surface area contributed by atoms with Gasteiger partial charge in [-0.05, 0) is 31.0 Å². The normalized spacial score (nSPS) is 18.6. The van der Waals surface area contributed by atoms with Gasteiger partial charge in [-0.2, -0.15) is 5.10 Å². The molecule has 1 atom stereocenters. The summed E-state index contributed by atoms with van der Waals surface area (Å²) >= 11 is 0. The van der Waals surface area contributed by atoms with Gasteiger partial charge in [-0.15, -0.1) is 0 Å². The van der Waals surface area contributed by atoms with Crippen LogP contribution in [0.4, 0.5) is 0 Å². The van der Waals surface area contributed by atoms with E-state index in [1.165, 1.54) is 11.1 Å². The van der Waals surface area contributed by atoms with Gasteiger partial charge in [0.05, 0.1) is 0 Å². The molecule has 1 N–H and O–H groups in total. The highest BCUT2D eigenvalue weighted by atomic mass is 15.3. The number of benzene rings is 1. The lowest BCUT2D eigenvalue weighted by atomic mass is 9.92. The Morgan fingerprint density at radius 2 is 2.28 bits per heavy atom. The van der Waals surface area contributed by atoms with Gasteiger partial charge in [-0.3, -0.25) is 4.68 Å². The van der Waals surface area contributed by atoms with Crippen molar-refractivity contribution in [1.82, 2.24) is 20.1 Å². The van der Waals surface area contributed by atoms with Crippen LogP contribution in [0.15, 0.2) is 30.6 Å². The molecule has 0 aliphatic carbocycles. The Labute approximate surface area is 107 Å². The fourth-order valence-corrected chi connectivity index (χ4v) is 2.67. The van der Waals surface area contributed by atoms with Crippen molar-refractivity contribution in [3.05, 3.63) is 47.5 Å². The van der Waals surface area contributed by atoms with Crippen LogP contribution in [0.1, 0.15) is 29.9 Å². The number of hydrogen-bond acceptors (Lipinski definition) is 3. The Kier molecular flexibility index (Phi) is 3.11. The molecule has 1 aromatic carbocycles. The first-order valence-corrected chi connectivity index (χ1v) is 6.56. The third-order valence-corrected chi connectivity index (χ3v) is 3.60. The van der Waals surface area contributed by atoms with E-state index in [0.717, 1.165) is 31.8 Å². The van der Waals surface area contributed by atoms with Gasteiger partial charge in [0.25, 0.3) is 0 Å². The number of nitrogens with zero attached hydrogens (tertiary/aromatic N) is 3. The summed E-state index contributed by atoms with van der Waals surface area (Å²) in [5, 5.41) is 7.82. The second kappa shape index (κ2) is 4.90. The maximum absolute atomic E-state index is 4.37. The van der Waals surface area contributed by atoms with E-state index in [1.807, 2.05) is 4.68 Å². The number of rotatable bonds is 3. The molecule has 0 fully saturated rings. The van der Waals surface area contributed by atoms with Crippen molar-refractivity contribution in [2.45, 2.75) is 32.4 Å². The lowest BCUT2D eigenvalue weighted by molar-refractivity contribution is 0.476. The average molecular weight is 242 g/mol. The minimum absolute atomic E-state index is 0.365. The van der Waals surface area contributed by atoms with Crippen LogP contribution in [0.3, 0.4) is 0 Å². The third kappa shape index (κ3) is 2.04. The lowest BCUT2D eigenvalue weighted by Crippen LogP contribution is -2.31. The van der Waals surface area contributed by atoms with Gasteiger partial charge >= 0.3 is 0 Å². The van der Waals surface area contributed by atoms with E-state index in [9.17, 15) is 0 Å². The van der Waals surface area contributed by atoms with Gasteiger partial charge in [0.2, 0.25) is 0 Å². The molecule has 0 spiro atoms. The summed E-state index contributed by atoms with van der Waals surface area (Å²) in [6, 6.07) is 9.05. The minimum atomic E-state index is 0.365. The van der Waals surface area contributed by atoms with E-state index in [2.05, 4.69) is 46.6 Å². The van der Waals surface area contributed by atoms with Crippen molar-refractivity contribution in [1.29, 1.82) is 0 Å². The van der Waals surface area contributed by atoms with E-state index in [1.54, 1.807) is 6.33 Å². The summed E-state index contributed by atoms with van der Waals surface area (Å²) in [7, 11) is 0. The van der Waals surface area contributed by atoms with Crippen molar-refractivity contribution in [3.8, 4) is 0 Å². The van der Waals surface area contributed by atoms with Gasteiger partial charge in [-0.25, -0.2) is 4.98 Å². The lowest BCUT2D eigenvalue weighted by Gasteiger charge is -2.26. The molecule has 4 nitrogen and oxygen atoms in total. The monoisotopic (exact) mass is 242 g/mol. The SMILES string of the molecule is CCn1ncnc1CC1NCCc2ccccc21. The Morgan fingerprint density at radius 3 is 3.17 bits per heavy atom. The van der Waals surface area contributed by atoms with Crippen molar-refractivity contribution in [3.63, 3.8) is 0 Å². The molecule has 3 rings (SSSR count). The largest absolute Gasteiger partial charge is 0.309 e. The zero-order valence-electron chi connectivity index (χ0n) is 10.6. The fraction of sp³-hybridized carbons (Fsp3) is 0.429. The van der Waals surface area contributed by atoms with Crippen LogP contribution in [0.25, 0.3) is 0 Å². The molecule has 1 aliphatic rings. The van der Waals surface area contributed by atoms with E-state index in [-0.39, 0.29) is 0 Å². The van der Waals surface area contributed by atoms with Crippen LogP contribution in [-0.4, -0.2) is 21.3 Å². The molecule has 0 radical (unpaired) electrons. The zero-order valence-corrected chi connectivity index (χ0v) is 10.6. The fourth-order valence-electron chi connectivity index (χ4n) is 2.67. The van der Waals surface area contributed by atoms with Crippen LogP contribution < -0.4 is 5.32 Å². The number of nitrogens with one attached hydrogen (secondary N) is 1. The van der Waals surface area contributed by atoms with Gasteiger partial charge < -0.3 is 5.32 Å². The molecule has 2 heterocycles. The standard InChI is InChI=1S/C14H18N4/c1-2-18-14(16-10-17-18)9-13-12-6-4-3-5-11(12)7-8-15-13/h3-6,10,13,15H,2,7-9H2,1H3. The molecule has 0 saturated heterocycles. The molecular weight excluding hydrogens is 224 g/mol. The maximum atomic E-state index is 4.37. The van der Waals surface area contributed by atoms with E-state index in [4.69, 9.17) is 0 Å². The number of aryl methyl sites for hydroxylation is 1. The highest BCUT2D eigenvalue weighted by Gasteiger charge is 2.21. The molecular formula is C14H18N4. The Hall–Kier alpha value is -1.68. The van der Waals surface area contributed by atoms with Crippen LogP contribution in [-0.2, 0) is 19.4 Å². The van der Waals surface area contributed by atoms with Crippen molar-refractivity contribution in [2.75, 3.05) is 6.54 Å². The quantitative estimate of drug-likeness (QED) is 0.891. The molecule has 2 aromatic rings. The second-order valence-corrected chi connectivity index (χ2v) is 4.65. The molecule has 0 amide bonds. The third-order valence-electron chi connectivity index (χ3n) is 3.60. The predicted octanol–water partition coefficient (Wildman–Crippen LogP) is 1.73. The molecule has 1 aliphatic heterocycles. The van der Waals surface area contributed by atoms with Crippen LogP contribution in [0, 0.1) is 0 Å². The van der Waals surface area contributed by atoms with Crippen molar-refractivity contribution in [2.24, 2.45) is 0 Å². The van der Waals surface area contributed by atoms with Crippen molar-refractivity contribution < 1.29 is 0 Å². The topological polar surface area (TPSA) is 42.7 Å². The molecule has 1 unspecified atom stereocenters. The van der Waals surface area contributed by atoms with E-state index >= 15 is 0 Å². The van der Waals surface area contributed by atoms with Gasteiger partial charge in [0.1, 0.15) is 12.2 Å². The number of fused-ring (bicyclic) bond motifs is 1. The smallest absolute Gasteiger partial charge is 0.138 e. The first-order valence-electron chi connectivity index (χ1n) is 6.56. The van der Waals surface area contributed by atoms with Crippen molar-refractivity contribution >= 4 is 0 Å². The van der Waals surface area contributed by atoms with Gasteiger partial charge in [0, 0.05) is 19.0 Å². The molecule has 1 aromatic heterocycles. The first kappa shape index (κ1) is 11.4. The van der Waals surface area contributed by atoms with Crippen LogP contribution in [0.5, 0.6) is 0 Å². The highest BCUT2D eigenvalue weighted by molar-refractivity contribution is 5.32. The van der Waals surface area contributed by atoms with Gasteiger partial charge in [-0.1, -0.05) is 24.3 Å². The Balaban J connectivity index is 1.86. The summed E-state index contributed by atoms with van der Waals surface area (Å²) in [4.78, 5) is 4.37. The predicted molar refractivity (Wildman–Crippen MR) is 70.3 cm³/mol. The highest BCUT2D eigenvalue weighted by Crippen LogP contribution is 2.25. The summed E-state index contributed by atoms with van der Waals surface area (Å²) in [5.74, 6) is 1.06. The van der Waals surface area contributed by atoms with Gasteiger partial charge in [0.15, 0.2) is 0 Å². The second-order valence-electron chi connectivity index (χ2n) is 4.65. The van der Waals surface area contributed by atoms with Crippen LogP contribution >= 0.6 is 0 Å². The summed E-state index contributed by atoms with van der Waals surface area (Å²) in [5.41, 5.74) is 2.87. The number of hydrogen-bond donors (Lipinski definition) is 1. The molecule has 4 heteroatoms. The molecule has 0 bridgehead atoms. The first-order chi connectivity index (χ1) is 8.88. The van der Waals surface area contributed by atoms with Crippen LogP contribution in [0.2, 0.25) is 0 Å². The van der Waals surface area contributed by atoms with E-state index in [0.29, 0.717) is 6.04 Å².